The van der Waals surface area contributed by atoms with Crippen molar-refractivity contribution in [3.8, 4) is 22.3 Å². The van der Waals surface area contributed by atoms with Gasteiger partial charge in [0.2, 0.25) is 0 Å². The molecule has 3 rings (SSSR count). The third kappa shape index (κ3) is 2.69. The van der Waals surface area contributed by atoms with Gasteiger partial charge >= 0.3 is 0 Å². The maximum Gasteiger partial charge on any atom is 0.138 e. The molecule has 0 aliphatic heterocycles. The van der Waals surface area contributed by atoms with Crippen molar-refractivity contribution in [2.75, 3.05) is 5.73 Å². The van der Waals surface area contributed by atoms with Crippen LogP contribution in [0.2, 0.25) is 0 Å². The first-order valence-corrected chi connectivity index (χ1v) is 7.52. The number of benzene rings is 2. The van der Waals surface area contributed by atoms with Crippen molar-refractivity contribution in [1.29, 1.82) is 0 Å². The second kappa shape index (κ2) is 5.70. The number of hydrogen-bond acceptors (Lipinski definition) is 2. The molecule has 104 valence electrons. The zero-order chi connectivity index (χ0) is 14.8. The fraction of sp³-hybridized carbons (Fsp3) is 0.0556. The van der Waals surface area contributed by atoms with E-state index in [4.69, 9.17) is 5.73 Å². The minimum atomic E-state index is 0.516. The highest BCUT2D eigenvalue weighted by Crippen LogP contribution is 2.35. The number of nitrogens with zero attached hydrogens (tertiary/aromatic N) is 1. The molecular formula is C18H15BrN2. The lowest BCUT2D eigenvalue weighted by Gasteiger charge is -2.11. The van der Waals surface area contributed by atoms with Gasteiger partial charge in [0, 0.05) is 11.8 Å². The highest BCUT2D eigenvalue weighted by molar-refractivity contribution is 9.10. The maximum atomic E-state index is 5.89. The number of halogens is 1. The van der Waals surface area contributed by atoms with Gasteiger partial charge < -0.3 is 5.73 Å². The zero-order valence-electron chi connectivity index (χ0n) is 11.7. The van der Waals surface area contributed by atoms with Gasteiger partial charge in [0.15, 0.2) is 0 Å². The van der Waals surface area contributed by atoms with Crippen LogP contribution in [0.3, 0.4) is 0 Å². The van der Waals surface area contributed by atoms with Gasteiger partial charge in [0.25, 0.3) is 0 Å². The minimum absolute atomic E-state index is 0.516. The first-order valence-electron chi connectivity index (χ1n) is 6.73. The number of aryl methyl sites for hydroxylation is 1. The van der Waals surface area contributed by atoms with Crippen molar-refractivity contribution in [1.82, 2.24) is 4.98 Å². The Morgan fingerprint density at radius 3 is 2.10 bits per heavy atom. The van der Waals surface area contributed by atoms with Gasteiger partial charge in [0.05, 0.1) is 4.47 Å². The molecule has 0 unspecified atom stereocenters. The first kappa shape index (κ1) is 13.8. The Morgan fingerprint density at radius 1 is 0.857 bits per heavy atom. The molecule has 0 radical (unpaired) electrons. The Kier molecular flexibility index (Phi) is 3.76. The van der Waals surface area contributed by atoms with E-state index in [2.05, 4.69) is 57.3 Å². The molecule has 0 saturated heterocycles. The lowest BCUT2D eigenvalue weighted by Crippen LogP contribution is -1.96. The second-order valence-electron chi connectivity index (χ2n) is 4.96. The van der Waals surface area contributed by atoms with Crippen molar-refractivity contribution < 1.29 is 0 Å². The van der Waals surface area contributed by atoms with E-state index in [0.717, 1.165) is 21.2 Å². The second-order valence-corrected chi connectivity index (χ2v) is 5.75. The van der Waals surface area contributed by atoms with Crippen molar-refractivity contribution in [3.63, 3.8) is 0 Å². The van der Waals surface area contributed by atoms with Gasteiger partial charge in [0.1, 0.15) is 5.82 Å². The lowest BCUT2D eigenvalue weighted by atomic mass is 9.98. The lowest BCUT2D eigenvalue weighted by molar-refractivity contribution is 1.26. The molecule has 0 bridgehead atoms. The summed E-state index contributed by atoms with van der Waals surface area (Å²) < 4.78 is 0.856. The summed E-state index contributed by atoms with van der Waals surface area (Å²) in [5.74, 6) is 0.516. The molecule has 3 aromatic rings. The summed E-state index contributed by atoms with van der Waals surface area (Å²) in [5, 5.41) is 0. The Labute approximate surface area is 132 Å². The van der Waals surface area contributed by atoms with Crippen LogP contribution in [0.15, 0.2) is 65.3 Å². The highest BCUT2D eigenvalue weighted by atomic mass is 79.9. The summed E-state index contributed by atoms with van der Waals surface area (Å²) in [6.45, 7) is 2.04. The Balaban J connectivity index is 2.05. The molecule has 1 heterocycles. The Bertz CT molecular complexity index is 765. The molecule has 0 atom stereocenters. The van der Waals surface area contributed by atoms with E-state index < -0.39 is 0 Å². The molecule has 1 aromatic heterocycles. The minimum Gasteiger partial charge on any atom is -0.383 e. The van der Waals surface area contributed by atoms with Crippen LogP contribution in [0.5, 0.6) is 0 Å². The number of pyridine rings is 1. The monoisotopic (exact) mass is 338 g/mol. The normalized spacial score (nSPS) is 10.6. The molecule has 0 saturated carbocycles. The number of rotatable bonds is 2. The Morgan fingerprint density at radius 2 is 1.43 bits per heavy atom. The van der Waals surface area contributed by atoms with Crippen molar-refractivity contribution >= 4 is 21.7 Å². The molecular weight excluding hydrogens is 324 g/mol. The standard InChI is InChI=1S/C18H15BrN2/c1-12-11-21-18(20)17(19)16(12)15-9-7-14(8-10-15)13-5-3-2-4-6-13/h2-11H,1H3,(H2,20,21). The summed E-state index contributed by atoms with van der Waals surface area (Å²) in [4.78, 5) is 4.16. The van der Waals surface area contributed by atoms with Crippen molar-refractivity contribution in [2.24, 2.45) is 0 Å². The summed E-state index contributed by atoms with van der Waals surface area (Å²) in [6.07, 6.45) is 1.81. The van der Waals surface area contributed by atoms with Crippen LogP contribution in [-0.4, -0.2) is 4.98 Å². The third-order valence-electron chi connectivity index (χ3n) is 3.52. The van der Waals surface area contributed by atoms with E-state index in [9.17, 15) is 0 Å². The van der Waals surface area contributed by atoms with Crippen molar-refractivity contribution in [3.05, 3.63) is 70.8 Å². The molecule has 0 aliphatic rings. The van der Waals surface area contributed by atoms with E-state index in [1.807, 2.05) is 25.1 Å². The predicted molar refractivity (Wildman–Crippen MR) is 92.0 cm³/mol. The van der Waals surface area contributed by atoms with E-state index in [1.54, 1.807) is 6.20 Å². The van der Waals surface area contributed by atoms with Crippen LogP contribution >= 0.6 is 15.9 Å². The van der Waals surface area contributed by atoms with Gasteiger partial charge in [-0.05, 0) is 45.1 Å². The number of aromatic nitrogens is 1. The topological polar surface area (TPSA) is 38.9 Å². The molecule has 0 amide bonds. The third-order valence-corrected chi connectivity index (χ3v) is 4.32. The van der Waals surface area contributed by atoms with E-state index >= 15 is 0 Å². The fourth-order valence-electron chi connectivity index (χ4n) is 2.40. The van der Waals surface area contributed by atoms with Crippen LogP contribution in [0, 0.1) is 6.92 Å². The summed E-state index contributed by atoms with van der Waals surface area (Å²) in [5.41, 5.74) is 11.6. The van der Waals surface area contributed by atoms with Gasteiger partial charge in [-0.3, -0.25) is 0 Å². The molecule has 21 heavy (non-hydrogen) atoms. The average Bonchev–Trinajstić information content (AvgIpc) is 2.53. The summed E-state index contributed by atoms with van der Waals surface area (Å²) >= 11 is 3.54. The molecule has 2 aromatic carbocycles. The molecule has 2 nitrogen and oxygen atoms in total. The summed E-state index contributed by atoms with van der Waals surface area (Å²) in [7, 11) is 0. The zero-order valence-corrected chi connectivity index (χ0v) is 13.3. The van der Waals surface area contributed by atoms with Crippen LogP contribution in [0.4, 0.5) is 5.82 Å². The number of nitrogens with two attached hydrogens (primary N) is 1. The largest absolute Gasteiger partial charge is 0.383 e. The quantitative estimate of drug-likeness (QED) is 0.708. The number of nitrogen functional groups attached to an aromatic ring is 1. The van der Waals surface area contributed by atoms with E-state index in [1.165, 1.54) is 11.1 Å². The molecule has 3 heteroatoms. The Hall–Kier alpha value is -2.13. The smallest absolute Gasteiger partial charge is 0.138 e. The van der Waals surface area contributed by atoms with Crippen LogP contribution in [-0.2, 0) is 0 Å². The molecule has 0 fully saturated rings. The van der Waals surface area contributed by atoms with Gasteiger partial charge in [-0.2, -0.15) is 0 Å². The molecule has 2 N–H and O–H groups in total. The summed E-state index contributed by atoms with van der Waals surface area (Å²) in [6, 6.07) is 18.9. The van der Waals surface area contributed by atoms with Crippen LogP contribution in [0.25, 0.3) is 22.3 Å². The molecule has 0 aliphatic carbocycles. The SMILES string of the molecule is Cc1cnc(N)c(Br)c1-c1ccc(-c2ccccc2)cc1. The maximum absolute atomic E-state index is 5.89. The van der Waals surface area contributed by atoms with Gasteiger partial charge in [-0.1, -0.05) is 54.6 Å². The van der Waals surface area contributed by atoms with Gasteiger partial charge in [-0.25, -0.2) is 4.98 Å². The van der Waals surface area contributed by atoms with Gasteiger partial charge in [-0.15, -0.1) is 0 Å². The van der Waals surface area contributed by atoms with Crippen LogP contribution in [0.1, 0.15) is 5.56 Å². The van der Waals surface area contributed by atoms with Crippen molar-refractivity contribution in [2.45, 2.75) is 6.92 Å². The van der Waals surface area contributed by atoms with E-state index in [0.29, 0.717) is 5.82 Å². The fourth-order valence-corrected chi connectivity index (χ4v) is 3.05. The average molecular weight is 339 g/mol. The number of hydrogen-bond donors (Lipinski definition) is 1. The number of anilines is 1. The first-order chi connectivity index (χ1) is 10.2. The molecule has 0 spiro atoms. The highest BCUT2D eigenvalue weighted by Gasteiger charge is 2.10. The van der Waals surface area contributed by atoms with E-state index in [-0.39, 0.29) is 0 Å². The predicted octanol–water partition coefficient (Wildman–Crippen LogP) is 5.07. The van der Waals surface area contributed by atoms with Crippen LogP contribution < -0.4 is 5.73 Å².